The highest BCUT2D eigenvalue weighted by atomic mass is 19.1. The number of aliphatic hydroxyl groups is 1. The smallest absolute Gasteiger partial charge is 0.123 e. The first kappa shape index (κ1) is 14.6. The number of aromatic nitrogens is 1. The van der Waals surface area contributed by atoms with E-state index in [4.69, 9.17) is 0 Å². The molecule has 0 saturated heterocycles. The largest absolute Gasteiger partial charge is 0.388 e. The van der Waals surface area contributed by atoms with Crippen LogP contribution in [0.4, 0.5) is 4.39 Å². The lowest BCUT2D eigenvalue weighted by Gasteiger charge is -2.18. The van der Waals surface area contributed by atoms with E-state index in [0.29, 0.717) is 6.42 Å². The standard InChI is InChI=1S/C16H19FN2O/c1-12(19-11-13-6-8-18-9-7-13)10-16(20)14-2-4-15(17)5-3-14/h2-9,12,16,19-20H,10-11H2,1H3. The average molecular weight is 274 g/mol. The summed E-state index contributed by atoms with van der Waals surface area (Å²) in [7, 11) is 0. The summed E-state index contributed by atoms with van der Waals surface area (Å²) in [5, 5.41) is 13.5. The predicted molar refractivity (Wildman–Crippen MR) is 76.5 cm³/mol. The molecule has 0 amide bonds. The van der Waals surface area contributed by atoms with Gasteiger partial charge in [0.1, 0.15) is 5.82 Å². The predicted octanol–water partition coefficient (Wildman–Crippen LogP) is 2.82. The fraction of sp³-hybridized carbons (Fsp3) is 0.312. The molecule has 2 rings (SSSR count). The van der Waals surface area contributed by atoms with E-state index >= 15 is 0 Å². The molecule has 4 heteroatoms. The molecule has 0 saturated carbocycles. The second-order valence-corrected chi connectivity index (χ2v) is 4.94. The molecule has 1 aromatic carbocycles. The van der Waals surface area contributed by atoms with Crippen molar-refractivity contribution in [2.45, 2.75) is 32.0 Å². The Morgan fingerprint density at radius 1 is 1.15 bits per heavy atom. The number of rotatable bonds is 6. The normalized spacial score (nSPS) is 13.9. The van der Waals surface area contributed by atoms with Gasteiger partial charge in [0.15, 0.2) is 0 Å². The third-order valence-electron chi connectivity index (χ3n) is 3.24. The molecule has 0 aliphatic rings. The molecule has 0 aliphatic carbocycles. The summed E-state index contributed by atoms with van der Waals surface area (Å²) in [6.07, 6.45) is 3.51. The van der Waals surface area contributed by atoms with Crippen molar-refractivity contribution in [2.24, 2.45) is 0 Å². The number of nitrogens with one attached hydrogen (secondary N) is 1. The number of pyridine rings is 1. The Balaban J connectivity index is 1.82. The lowest BCUT2D eigenvalue weighted by atomic mass is 10.0. The molecule has 0 fully saturated rings. The van der Waals surface area contributed by atoms with Gasteiger partial charge < -0.3 is 10.4 Å². The van der Waals surface area contributed by atoms with Gasteiger partial charge in [-0.2, -0.15) is 0 Å². The molecule has 2 aromatic rings. The summed E-state index contributed by atoms with van der Waals surface area (Å²) < 4.78 is 12.8. The van der Waals surface area contributed by atoms with Crippen LogP contribution < -0.4 is 5.32 Å². The van der Waals surface area contributed by atoms with Gasteiger partial charge in [-0.25, -0.2) is 4.39 Å². The minimum absolute atomic E-state index is 0.156. The first-order valence-corrected chi connectivity index (χ1v) is 6.71. The maximum atomic E-state index is 12.8. The third-order valence-corrected chi connectivity index (χ3v) is 3.24. The number of hydrogen-bond donors (Lipinski definition) is 2. The van der Waals surface area contributed by atoms with Crippen molar-refractivity contribution < 1.29 is 9.50 Å². The van der Waals surface area contributed by atoms with E-state index in [1.54, 1.807) is 24.5 Å². The Morgan fingerprint density at radius 3 is 2.45 bits per heavy atom. The van der Waals surface area contributed by atoms with Crippen LogP contribution in [0.3, 0.4) is 0 Å². The molecule has 2 unspecified atom stereocenters. The zero-order chi connectivity index (χ0) is 14.4. The summed E-state index contributed by atoms with van der Waals surface area (Å²) in [4.78, 5) is 3.97. The van der Waals surface area contributed by atoms with Gasteiger partial charge in [0.05, 0.1) is 6.10 Å². The van der Waals surface area contributed by atoms with Crippen molar-refractivity contribution >= 4 is 0 Å². The van der Waals surface area contributed by atoms with Crippen molar-refractivity contribution in [3.05, 3.63) is 65.7 Å². The first-order chi connectivity index (χ1) is 9.65. The van der Waals surface area contributed by atoms with Gasteiger partial charge in [-0.15, -0.1) is 0 Å². The Hall–Kier alpha value is -1.78. The molecular formula is C16H19FN2O. The summed E-state index contributed by atoms with van der Waals surface area (Å²) >= 11 is 0. The number of nitrogens with zero attached hydrogens (tertiary/aromatic N) is 1. The molecule has 0 spiro atoms. The van der Waals surface area contributed by atoms with Crippen molar-refractivity contribution in [3.63, 3.8) is 0 Å². The molecule has 20 heavy (non-hydrogen) atoms. The Bertz CT molecular complexity index is 516. The maximum Gasteiger partial charge on any atom is 0.123 e. The highest BCUT2D eigenvalue weighted by molar-refractivity contribution is 5.18. The monoisotopic (exact) mass is 274 g/mol. The molecule has 2 N–H and O–H groups in total. The van der Waals surface area contributed by atoms with Gasteiger partial charge >= 0.3 is 0 Å². The summed E-state index contributed by atoms with van der Waals surface area (Å²) in [5.74, 6) is -0.287. The minimum Gasteiger partial charge on any atom is -0.388 e. The SMILES string of the molecule is CC(CC(O)c1ccc(F)cc1)NCc1ccncc1. The number of benzene rings is 1. The van der Waals surface area contributed by atoms with E-state index < -0.39 is 6.10 Å². The third kappa shape index (κ3) is 4.40. The molecule has 0 radical (unpaired) electrons. The van der Waals surface area contributed by atoms with E-state index in [0.717, 1.165) is 17.7 Å². The molecule has 106 valence electrons. The van der Waals surface area contributed by atoms with Gasteiger partial charge in [-0.3, -0.25) is 4.98 Å². The highest BCUT2D eigenvalue weighted by Crippen LogP contribution is 2.18. The van der Waals surface area contributed by atoms with Crippen molar-refractivity contribution in [1.82, 2.24) is 10.3 Å². The lowest BCUT2D eigenvalue weighted by molar-refractivity contribution is 0.153. The van der Waals surface area contributed by atoms with Crippen LogP contribution in [0.2, 0.25) is 0 Å². The number of hydrogen-bond acceptors (Lipinski definition) is 3. The van der Waals surface area contributed by atoms with Crippen LogP contribution in [0.25, 0.3) is 0 Å². The van der Waals surface area contributed by atoms with Crippen LogP contribution in [0.15, 0.2) is 48.8 Å². The van der Waals surface area contributed by atoms with Crippen molar-refractivity contribution in [2.75, 3.05) is 0 Å². The molecule has 3 nitrogen and oxygen atoms in total. The van der Waals surface area contributed by atoms with Gasteiger partial charge in [0.2, 0.25) is 0 Å². The van der Waals surface area contributed by atoms with Gasteiger partial charge in [0.25, 0.3) is 0 Å². The molecular weight excluding hydrogens is 255 g/mol. The molecule has 1 heterocycles. The molecule has 1 aromatic heterocycles. The highest BCUT2D eigenvalue weighted by Gasteiger charge is 2.12. The molecule has 0 bridgehead atoms. The van der Waals surface area contributed by atoms with Crippen LogP contribution in [-0.2, 0) is 6.54 Å². The van der Waals surface area contributed by atoms with E-state index in [1.807, 2.05) is 19.1 Å². The van der Waals surface area contributed by atoms with Crippen molar-refractivity contribution in [1.29, 1.82) is 0 Å². The lowest BCUT2D eigenvalue weighted by Crippen LogP contribution is -2.27. The van der Waals surface area contributed by atoms with Crippen LogP contribution in [0.1, 0.15) is 30.6 Å². The van der Waals surface area contributed by atoms with Crippen LogP contribution in [-0.4, -0.2) is 16.1 Å². The second kappa shape index (κ2) is 7.12. The number of halogens is 1. The molecule has 2 atom stereocenters. The molecule has 0 aliphatic heterocycles. The van der Waals surface area contributed by atoms with Crippen LogP contribution >= 0.6 is 0 Å². The Labute approximate surface area is 118 Å². The zero-order valence-corrected chi connectivity index (χ0v) is 11.5. The topological polar surface area (TPSA) is 45.1 Å². The first-order valence-electron chi connectivity index (χ1n) is 6.71. The van der Waals surface area contributed by atoms with E-state index in [1.165, 1.54) is 12.1 Å². The van der Waals surface area contributed by atoms with Gasteiger partial charge in [0, 0.05) is 25.0 Å². The van der Waals surface area contributed by atoms with Crippen LogP contribution in [0, 0.1) is 5.82 Å². The summed E-state index contributed by atoms with van der Waals surface area (Å²) in [5.41, 5.74) is 1.90. The fourth-order valence-electron chi connectivity index (χ4n) is 2.03. The quantitative estimate of drug-likeness (QED) is 0.851. The van der Waals surface area contributed by atoms with E-state index in [-0.39, 0.29) is 11.9 Å². The minimum atomic E-state index is -0.587. The Kier molecular flexibility index (Phi) is 5.21. The fourth-order valence-corrected chi connectivity index (χ4v) is 2.03. The zero-order valence-electron chi connectivity index (χ0n) is 11.5. The van der Waals surface area contributed by atoms with Gasteiger partial charge in [-0.1, -0.05) is 12.1 Å². The van der Waals surface area contributed by atoms with Gasteiger partial charge in [-0.05, 0) is 48.7 Å². The summed E-state index contributed by atoms with van der Waals surface area (Å²) in [6.45, 7) is 2.76. The maximum absolute atomic E-state index is 12.8. The van der Waals surface area contributed by atoms with E-state index in [2.05, 4.69) is 10.3 Å². The van der Waals surface area contributed by atoms with Crippen molar-refractivity contribution in [3.8, 4) is 0 Å². The second-order valence-electron chi connectivity index (χ2n) is 4.94. The number of aliphatic hydroxyl groups excluding tert-OH is 1. The average Bonchev–Trinajstić information content (AvgIpc) is 2.47. The van der Waals surface area contributed by atoms with Crippen LogP contribution in [0.5, 0.6) is 0 Å². The van der Waals surface area contributed by atoms with E-state index in [9.17, 15) is 9.50 Å². The summed E-state index contributed by atoms with van der Waals surface area (Å²) in [6, 6.07) is 10.0. The Morgan fingerprint density at radius 2 is 1.80 bits per heavy atom.